The lowest BCUT2D eigenvalue weighted by atomic mass is 10.1. The van der Waals surface area contributed by atoms with Gasteiger partial charge in [0.05, 0.1) is 16.8 Å². The van der Waals surface area contributed by atoms with Crippen LogP contribution in [0.25, 0.3) is 22.0 Å². The predicted octanol–water partition coefficient (Wildman–Crippen LogP) is 7.74. The van der Waals surface area contributed by atoms with Crippen molar-refractivity contribution in [2.75, 3.05) is 16.8 Å². The van der Waals surface area contributed by atoms with Crippen LogP contribution in [0.2, 0.25) is 0 Å². The number of hydrogen-bond donors (Lipinski definition) is 2. The van der Waals surface area contributed by atoms with Gasteiger partial charge >= 0.3 is 12.4 Å². The molecule has 0 unspecified atom stereocenters. The quantitative estimate of drug-likeness (QED) is 0.280. The van der Waals surface area contributed by atoms with E-state index in [4.69, 9.17) is 0 Å². The van der Waals surface area contributed by atoms with Gasteiger partial charge in [-0.15, -0.1) is 0 Å². The first-order chi connectivity index (χ1) is 17.0. The summed E-state index contributed by atoms with van der Waals surface area (Å²) in [6, 6.07) is 15.7. The van der Waals surface area contributed by atoms with Crippen LogP contribution in [0.3, 0.4) is 0 Å². The summed E-state index contributed by atoms with van der Waals surface area (Å²) in [4.78, 5) is 16.8. The largest absolute Gasteiger partial charge is 0.416 e. The number of H-pyrrole nitrogens is 1. The highest BCUT2D eigenvalue weighted by atomic mass is 19.4. The Morgan fingerprint density at radius 2 is 1.42 bits per heavy atom. The fraction of sp³-hybridized carbons (Fsp3) is 0.192. The molecule has 0 bridgehead atoms. The van der Waals surface area contributed by atoms with Crippen molar-refractivity contribution in [2.45, 2.75) is 25.2 Å². The first-order valence-corrected chi connectivity index (χ1v) is 11.1. The van der Waals surface area contributed by atoms with E-state index in [1.165, 1.54) is 0 Å². The smallest absolute Gasteiger partial charge is 0.341 e. The van der Waals surface area contributed by atoms with Crippen molar-refractivity contribution in [3.63, 3.8) is 0 Å². The van der Waals surface area contributed by atoms with Crippen LogP contribution in [0, 0.1) is 0 Å². The monoisotopic (exact) mass is 503 g/mol. The number of halogens is 6. The average Bonchev–Trinajstić information content (AvgIpc) is 3.42. The number of fused-ring (bicyclic) bond motifs is 1. The summed E-state index contributed by atoms with van der Waals surface area (Å²) in [5.41, 5.74) is -1.01. The summed E-state index contributed by atoms with van der Waals surface area (Å²) in [6.45, 7) is 0.647. The number of aromatic amines is 1. The molecule has 1 aliphatic rings. The average molecular weight is 503 g/mol. The highest BCUT2D eigenvalue weighted by Crippen LogP contribution is 2.40. The highest BCUT2D eigenvalue weighted by Gasteiger charge is 2.37. The molecular weight excluding hydrogens is 484 g/mol. The highest BCUT2D eigenvalue weighted by molar-refractivity contribution is 6.04. The van der Waals surface area contributed by atoms with E-state index >= 15 is 0 Å². The molecule has 4 aromatic rings. The lowest BCUT2D eigenvalue weighted by Crippen LogP contribution is -2.23. The Morgan fingerprint density at radius 3 is 1.97 bits per heavy atom. The minimum absolute atomic E-state index is 0.0545. The SMILES string of the molecule is O=C1CCCN1c1ccc(-c2[nH]c(Nc3cc(C(F)(F)F)cc(C(F)(F)F)c3)c3ccccc23)cc1. The number of nitrogens with one attached hydrogen (secondary N) is 2. The van der Waals surface area contributed by atoms with Gasteiger partial charge in [-0.3, -0.25) is 4.79 Å². The first-order valence-electron chi connectivity index (χ1n) is 11.1. The van der Waals surface area contributed by atoms with Gasteiger partial charge in [-0.1, -0.05) is 36.4 Å². The van der Waals surface area contributed by atoms with E-state index in [0.29, 0.717) is 36.2 Å². The third-order valence-corrected chi connectivity index (χ3v) is 6.11. The molecule has 1 aliphatic heterocycles. The maximum absolute atomic E-state index is 13.3. The van der Waals surface area contributed by atoms with Crippen LogP contribution < -0.4 is 10.2 Å². The molecule has 2 heterocycles. The van der Waals surface area contributed by atoms with E-state index < -0.39 is 23.5 Å². The molecule has 1 fully saturated rings. The number of carbonyl (C=O) groups excluding carboxylic acids is 1. The molecule has 1 saturated heterocycles. The molecule has 36 heavy (non-hydrogen) atoms. The van der Waals surface area contributed by atoms with Gasteiger partial charge in [-0.2, -0.15) is 26.3 Å². The second-order valence-electron chi connectivity index (χ2n) is 8.54. The summed E-state index contributed by atoms with van der Waals surface area (Å²) in [7, 11) is 0. The van der Waals surface area contributed by atoms with Crippen molar-refractivity contribution >= 4 is 33.9 Å². The van der Waals surface area contributed by atoms with Crippen LogP contribution in [0.4, 0.5) is 43.5 Å². The first kappa shape index (κ1) is 23.8. The van der Waals surface area contributed by atoms with Gasteiger partial charge < -0.3 is 15.2 Å². The Labute approximate surface area is 201 Å². The fourth-order valence-corrected chi connectivity index (χ4v) is 4.41. The molecule has 0 atom stereocenters. The minimum atomic E-state index is -4.95. The van der Waals surface area contributed by atoms with E-state index in [1.807, 2.05) is 24.3 Å². The van der Waals surface area contributed by atoms with E-state index in [0.717, 1.165) is 23.1 Å². The zero-order valence-electron chi connectivity index (χ0n) is 18.6. The number of nitrogens with zero attached hydrogens (tertiary/aromatic N) is 1. The van der Waals surface area contributed by atoms with E-state index in [2.05, 4.69) is 10.3 Å². The molecule has 1 amide bonds. The lowest BCUT2D eigenvalue weighted by molar-refractivity contribution is -0.143. The Kier molecular flexibility index (Phi) is 5.69. The Bertz CT molecular complexity index is 1400. The zero-order valence-corrected chi connectivity index (χ0v) is 18.6. The molecule has 10 heteroatoms. The van der Waals surface area contributed by atoms with Gasteiger partial charge in [-0.25, -0.2) is 0 Å². The van der Waals surface area contributed by atoms with Crippen LogP contribution in [0.1, 0.15) is 24.0 Å². The van der Waals surface area contributed by atoms with Crippen LogP contribution in [-0.2, 0) is 17.1 Å². The maximum atomic E-state index is 13.3. The molecule has 0 spiro atoms. The molecular formula is C26H19F6N3O. The van der Waals surface area contributed by atoms with Crippen molar-refractivity contribution in [2.24, 2.45) is 0 Å². The Hall–Kier alpha value is -3.95. The van der Waals surface area contributed by atoms with E-state index in [-0.39, 0.29) is 23.5 Å². The van der Waals surface area contributed by atoms with Crippen LogP contribution in [0.15, 0.2) is 66.7 Å². The minimum Gasteiger partial charge on any atom is -0.341 e. The molecule has 3 aromatic carbocycles. The zero-order chi connectivity index (χ0) is 25.7. The van der Waals surface area contributed by atoms with Crippen LogP contribution in [0.5, 0.6) is 0 Å². The second kappa shape index (κ2) is 8.61. The molecule has 0 aliphatic carbocycles. The molecule has 5 rings (SSSR count). The van der Waals surface area contributed by atoms with Gasteiger partial charge in [0.25, 0.3) is 0 Å². The number of hydrogen-bond acceptors (Lipinski definition) is 2. The van der Waals surface area contributed by atoms with Crippen molar-refractivity contribution in [1.29, 1.82) is 0 Å². The van der Waals surface area contributed by atoms with Crippen molar-refractivity contribution < 1.29 is 31.1 Å². The Balaban J connectivity index is 1.54. The summed E-state index contributed by atoms with van der Waals surface area (Å²) >= 11 is 0. The lowest BCUT2D eigenvalue weighted by Gasteiger charge is -2.16. The summed E-state index contributed by atoms with van der Waals surface area (Å²) in [6.07, 6.45) is -8.59. The number of anilines is 3. The number of benzene rings is 3. The van der Waals surface area contributed by atoms with E-state index in [1.54, 1.807) is 29.2 Å². The number of aromatic nitrogens is 1. The molecule has 4 nitrogen and oxygen atoms in total. The van der Waals surface area contributed by atoms with Crippen molar-refractivity contribution in [1.82, 2.24) is 4.98 Å². The molecule has 2 N–H and O–H groups in total. The second-order valence-corrected chi connectivity index (χ2v) is 8.54. The fourth-order valence-electron chi connectivity index (χ4n) is 4.41. The van der Waals surface area contributed by atoms with Gasteiger partial charge in [0.15, 0.2) is 0 Å². The summed E-state index contributed by atoms with van der Waals surface area (Å²) in [5.74, 6) is 0.311. The third-order valence-electron chi connectivity index (χ3n) is 6.11. The standard InChI is InChI=1S/C26H19F6N3O/c27-25(28,29)16-12-17(26(30,31)32)14-18(13-16)33-24-21-5-2-1-4-20(21)23(34-24)15-7-9-19(10-8-15)35-11-3-6-22(35)36/h1-2,4-5,7-10,12-14,33-34H,3,6,11H2. The van der Waals surface area contributed by atoms with Gasteiger partial charge in [0.2, 0.25) is 5.91 Å². The van der Waals surface area contributed by atoms with Gasteiger partial charge in [0, 0.05) is 35.1 Å². The number of amides is 1. The normalized spacial score (nSPS) is 14.6. The molecule has 0 saturated carbocycles. The van der Waals surface area contributed by atoms with Crippen molar-refractivity contribution in [3.8, 4) is 11.3 Å². The predicted molar refractivity (Wildman–Crippen MR) is 125 cm³/mol. The Morgan fingerprint density at radius 1 is 0.806 bits per heavy atom. The number of rotatable bonds is 4. The van der Waals surface area contributed by atoms with Crippen LogP contribution >= 0.6 is 0 Å². The number of alkyl halides is 6. The van der Waals surface area contributed by atoms with E-state index in [9.17, 15) is 31.1 Å². The molecule has 186 valence electrons. The number of carbonyl (C=O) groups is 1. The molecule has 0 radical (unpaired) electrons. The van der Waals surface area contributed by atoms with Crippen molar-refractivity contribution in [3.05, 3.63) is 77.9 Å². The van der Waals surface area contributed by atoms with Gasteiger partial charge in [0.1, 0.15) is 5.82 Å². The van der Waals surface area contributed by atoms with Gasteiger partial charge in [-0.05, 0) is 42.3 Å². The summed E-state index contributed by atoms with van der Waals surface area (Å²) in [5, 5.41) is 4.04. The topological polar surface area (TPSA) is 48.1 Å². The third kappa shape index (κ3) is 4.50. The van der Waals surface area contributed by atoms with Crippen LogP contribution in [-0.4, -0.2) is 17.4 Å². The summed E-state index contributed by atoms with van der Waals surface area (Å²) < 4.78 is 79.8. The molecule has 1 aromatic heterocycles. The maximum Gasteiger partial charge on any atom is 0.416 e.